The molecule has 0 aliphatic heterocycles. The van der Waals surface area contributed by atoms with Gasteiger partial charge in [-0.1, -0.05) is 303 Å². The SMILES string of the molecule is CCc1ccc(-c2c3ccccc3c(-c3ccc4c(c3)C(CC)(CC)c3cc(-c5ccc6c(c5)C(CC)(CC)c5cc(-c7c8ccccc8c(-c8c9ccccc9c(-c9ccc%10c(c9)C(CC)(CC)c9ccccc9-%10)c9ccccc89)c8ccccc78)ccc5-6)ccc3-4)c3ccccc23)cc1. The number of benzene rings is 16. The predicted molar refractivity (Wildman–Crippen MR) is 434 cm³/mol. The van der Waals surface area contributed by atoms with Gasteiger partial charge in [-0.3, -0.25) is 0 Å². The maximum absolute atomic E-state index is 2.61. The Balaban J connectivity index is 0.712. The van der Waals surface area contributed by atoms with Gasteiger partial charge in [-0.15, -0.1) is 0 Å². The van der Waals surface area contributed by atoms with Crippen LogP contribution in [-0.2, 0) is 22.7 Å². The van der Waals surface area contributed by atoms with Crippen LogP contribution in [0.3, 0.4) is 0 Å². The lowest BCUT2D eigenvalue weighted by atomic mass is 9.72. The zero-order chi connectivity index (χ0) is 68.0. The highest BCUT2D eigenvalue weighted by molar-refractivity contribution is 6.30. The molecule has 0 aromatic heterocycles. The number of aryl methyl sites for hydroxylation is 1. The quantitative estimate of drug-likeness (QED) is 0.101. The minimum absolute atomic E-state index is 0.0253. The maximum Gasteiger partial charge on any atom is 0.0210 e. The van der Waals surface area contributed by atoms with Crippen LogP contribution in [0, 0.1) is 0 Å². The van der Waals surface area contributed by atoms with E-state index in [4.69, 9.17) is 0 Å². The molecule has 19 rings (SSSR count). The highest BCUT2D eigenvalue weighted by Crippen LogP contribution is 2.60. The Morgan fingerprint density at radius 2 is 0.386 bits per heavy atom. The van der Waals surface area contributed by atoms with Crippen molar-refractivity contribution in [2.24, 2.45) is 0 Å². The Bertz CT molecular complexity index is 5960. The molecule has 0 unspecified atom stereocenters. The summed E-state index contributed by atoms with van der Waals surface area (Å²) in [6.07, 6.45) is 7.18. The first-order chi connectivity index (χ1) is 49.7. The predicted octanol–water partition coefficient (Wildman–Crippen LogP) is 28.4. The van der Waals surface area contributed by atoms with Gasteiger partial charge in [0.2, 0.25) is 0 Å². The van der Waals surface area contributed by atoms with Crippen LogP contribution in [0.2, 0.25) is 0 Å². The number of hydrogen-bond donors (Lipinski definition) is 0. The van der Waals surface area contributed by atoms with Crippen LogP contribution in [0.25, 0.3) is 165 Å². The fourth-order valence-corrected chi connectivity index (χ4v) is 20.4. The van der Waals surface area contributed by atoms with Crippen LogP contribution in [0.5, 0.6) is 0 Å². The third kappa shape index (κ3) is 8.55. The molecule has 0 radical (unpaired) electrons. The fraction of sp³-hybridized carbons (Fsp3) is 0.168. The summed E-state index contributed by atoms with van der Waals surface area (Å²) in [6, 6.07) is 111. The summed E-state index contributed by atoms with van der Waals surface area (Å²) in [6.45, 7) is 16.7. The Labute approximate surface area is 594 Å². The molecule has 0 heterocycles. The van der Waals surface area contributed by atoms with Crippen molar-refractivity contribution in [2.75, 3.05) is 0 Å². The minimum atomic E-state index is -0.175. The molecule has 0 N–H and O–H groups in total. The van der Waals surface area contributed by atoms with Crippen LogP contribution in [0.4, 0.5) is 0 Å². The lowest BCUT2D eigenvalue weighted by Gasteiger charge is -2.31. The first-order valence-corrected chi connectivity index (χ1v) is 37.5. The Morgan fingerprint density at radius 3 is 0.663 bits per heavy atom. The molecular weight excluding hydrogens is 1210 g/mol. The molecule has 486 valence electrons. The van der Waals surface area contributed by atoms with E-state index >= 15 is 0 Å². The number of fused-ring (bicyclic) bond motifs is 15. The number of hydrogen-bond acceptors (Lipinski definition) is 0. The first-order valence-electron chi connectivity index (χ1n) is 37.5. The maximum atomic E-state index is 2.61. The third-order valence-electron chi connectivity index (χ3n) is 25.5. The van der Waals surface area contributed by atoms with Gasteiger partial charge >= 0.3 is 0 Å². The van der Waals surface area contributed by atoms with Crippen LogP contribution in [-0.4, -0.2) is 0 Å². The van der Waals surface area contributed by atoms with Gasteiger partial charge in [-0.2, -0.15) is 0 Å². The summed E-state index contributed by atoms with van der Waals surface area (Å²) in [4.78, 5) is 0. The van der Waals surface area contributed by atoms with E-state index in [0.717, 1.165) is 44.9 Å². The summed E-state index contributed by atoms with van der Waals surface area (Å²) in [5, 5.41) is 15.4. The molecule has 0 nitrogen and oxygen atoms in total. The Kier molecular flexibility index (Phi) is 14.1. The van der Waals surface area contributed by atoms with E-state index in [0.29, 0.717) is 0 Å². The minimum Gasteiger partial charge on any atom is -0.0642 e. The van der Waals surface area contributed by atoms with Gasteiger partial charge in [0.1, 0.15) is 0 Å². The Morgan fingerprint density at radius 1 is 0.178 bits per heavy atom. The van der Waals surface area contributed by atoms with Crippen molar-refractivity contribution in [1.29, 1.82) is 0 Å². The van der Waals surface area contributed by atoms with Gasteiger partial charge < -0.3 is 0 Å². The van der Waals surface area contributed by atoms with E-state index in [-0.39, 0.29) is 16.2 Å². The van der Waals surface area contributed by atoms with Crippen molar-refractivity contribution in [3.05, 3.63) is 324 Å². The average molecular weight is 1300 g/mol. The topological polar surface area (TPSA) is 0 Å². The van der Waals surface area contributed by atoms with Crippen molar-refractivity contribution in [1.82, 2.24) is 0 Å². The van der Waals surface area contributed by atoms with Crippen molar-refractivity contribution in [2.45, 2.75) is 110 Å². The molecule has 0 saturated heterocycles. The Hall–Kier alpha value is -10.9. The zero-order valence-electron chi connectivity index (χ0n) is 59.1. The zero-order valence-corrected chi connectivity index (χ0v) is 59.1. The second-order valence-electron chi connectivity index (χ2n) is 29.3. The second-order valence-corrected chi connectivity index (χ2v) is 29.3. The summed E-state index contributed by atoms with van der Waals surface area (Å²) in [7, 11) is 0. The molecule has 16 aromatic rings. The standard InChI is InChI=1S/C101H82/c1-8-62-43-45-63(46-44-62)93-75-30-15-17-32-77(75)94(78-33-18-16-31-76(78)93)67-50-55-73-71-52-47-64(57-88(71)100(11-4,12-5)91(73)60-67)65-48-53-72-74-56-51-68(61-92(74)101(13-6,14-7)89(72)58-65)96-81-36-21-25-40-85(81)98(86-41-26-22-37-82(86)96)97-83-38-23-19-34-79(83)95(80-35-20-24-39-84(80)97)66-49-54-70-69-29-27-28-42-87(69)99(9-2,10-3)90(70)59-66/h15-61H,8-14H2,1-7H3. The average Bonchev–Trinajstić information content (AvgIpc) is 1.29. The molecule has 0 saturated carbocycles. The van der Waals surface area contributed by atoms with Crippen LogP contribution in [0.1, 0.15) is 126 Å². The second kappa shape index (κ2) is 23.3. The summed E-state index contributed by atoms with van der Waals surface area (Å²) >= 11 is 0. The lowest BCUT2D eigenvalue weighted by molar-refractivity contribution is 0.490. The molecular formula is C101H82. The molecule has 0 bridgehead atoms. The molecule has 0 amide bonds. The molecule has 0 spiro atoms. The lowest BCUT2D eigenvalue weighted by Crippen LogP contribution is -2.23. The smallest absolute Gasteiger partial charge is 0.0210 e. The van der Waals surface area contributed by atoms with Gasteiger partial charge in [0.05, 0.1) is 0 Å². The summed E-state index contributed by atoms with van der Waals surface area (Å²) < 4.78 is 0. The van der Waals surface area contributed by atoms with Crippen LogP contribution in [0.15, 0.2) is 285 Å². The van der Waals surface area contributed by atoms with Crippen molar-refractivity contribution in [3.63, 3.8) is 0 Å². The highest BCUT2D eigenvalue weighted by Gasteiger charge is 2.44. The molecule has 0 fully saturated rings. The van der Waals surface area contributed by atoms with Crippen molar-refractivity contribution in [3.8, 4) is 100 Å². The monoisotopic (exact) mass is 1290 g/mol. The van der Waals surface area contributed by atoms with E-state index in [1.807, 2.05) is 0 Å². The van der Waals surface area contributed by atoms with Crippen LogP contribution >= 0.6 is 0 Å². The molecule has 0 heteroatoms. The third-order valence-corrected chi connectivity index (χ3v) is 25.5. The van der Waals surface area contributed by atoms with E-state index in [1.165, 1.54) is 204 Å². The largest absolute Gasteiger partial charge is 0.0642 e. The summed E-state index contributed by atoms with van der Waals surface area (Å²) in [5.41, 5.74) is 33.5. The van der Waals surface area contributed by atoms with E-state index in [2.05, 4.69) is 334 Å². The van der Waals surface area contributed by atoms with Gasteiger partial charge in [0.25, 0.3) is 0 Å². The van der Waals surface area contributed by atoms with Gasteiger partial charge in [0.15, 0.2) is 0 Å². The molecule has 101 heavy (non-hydrogen) atoms. The normalized spacial score (nSPS) is 14.2. The highest BCUT2D eigenvalue weighted by atomic mass is 14.5. The van der Waals surface area contributed by atoms with E-state index < -0.39 is 0 Å². The van der Waals surface area contributed by atoms with Gasteiger partial charge in [0, 0.05) is 16.2 Å². The fourth-order valence-electron chi connectivity index (χ4n) is 20.4. The van der Waals surface area contributed by atoms with Gasteiger partial charge in [-0.25, -0.2) is 0 Å². The molecule has 3 aliphatic rings. The molecule has 3 aliphatic carbocycles. The van der Waals surface area contributed by atoms with Gasteiger partial charge in [-0.05, 0) is 279 Å². The van der Waals surface area contributed by atoms with E-state index in [9.17, 15) is 0 Å². The first kappa shape index (κ1) is 61.2. The molecule has 0 atom stereocenters. The molecule has 16 aromatic carbocycles. The van der Waals surface area contributed by atoms with E-state index in [1.54, 1.807) is 0 Å². The summed E-state index contributed by atoms with van der Waals surface area (Å²) in [5.74, 6) is 0. The van der Waals surface area contributed by atoms with Crippen molar-refractivity contribution < 1.29 is 0 Å². The van der Waals surface area contributed by atoms with Crippen molar-refractivity contribution >= 4 is 64.6 Å². The van der Waals surface area contributed by atoms with Crippen LogP contribution < -0.4 is 0 Å². The number of rotatable bonds is 13.